The molecule has 0 aromatic heterocycles. The Labute approximate surface area is 99.5 Å². The molecule has 3 amide bonds. The lowest BCUT2D eigenvalue weighted by Crippen LogP contribution is -2.49. The maximum absolute atomic E-state index is 11.2. The van der Waals surface area contributed by atoms with Crippen molar-refractivity contribution >= 4 is 17.9 Å². The molecule has 0 aliphatic rings. The second-order valence-corrected chi connectivity index (χ2v) is 4.54. The van der Waals surface area contributed by atoms with E-state index in [1.54, 1.807) is 20.8 Å². The molecule has 0 radical (unpaired) electrons. The summed E-state index contributed by atoms with van der Waals surface area (Å²) in [6.45, 7) is 6.11. The van der Waals surface area contributed by atoms with E-state index in [1.807, 2.05) is 5.32 Å². The lowest BCUT2D eigenvalue weighted by molar-refractivity contribution is -0.150. The Balaban J connectivity index is 3.95. The summed E-state index contributed by atoms with van der Waals surface area (Å²) in [6, 6.07) is -0.644. The summed E-state index contributed by atoms with van der Waals surface area (Å²) in [5, 5.41) is 13.0. The highest BCUT2D eigenvalue weighted by Gasteiger charge is 2.17. The van der Waals surface area contributed by atoms with Crippen LogP contribution in [-0.2, 0) is 14.3 Å². The summed E-state index contributed by atoms with van der Waals surface area (Å²) in [6.07, 6.45) is -1.09. The molecular weight excluding hydrogens is 228 g/mol. The Bertz CT molecular complexity index is 308. The van der Waals surface area contributed by atoms with Gasteiger partial charge in [-0.25, -0.2) is 9.59 Å². The number of hydrogen-bond acceptors (Lipinski definition) is 4. The fourth-order valence-electron chi connectivity index (χ4n) is 0.807. The molecule has 0 aliphatic heterocycles. The van der Waals surface area contributed by atoms with Gasteiger partial charge in [0.2, 0.25) is 0 Å². The molecule has 0 spiro atoms. The highest BCUT2D eigenvalue weighted by molar-refractivity contribution is 5.95. The van der Waals surface area contributed by atoms with Crippen molar-refractivity contribution in [2.24, 2.45) is 0 Å². The first kappa shape index (κ1) is 15.4. The van der Waals surface area contributed by atoms with Crippen molar-refractivity contribution < 1.29 is 24.2 Å². The lowest BCUT2D eigenvalue weighted by atomic mass is 10.1. The van der Waals surface area contributed by atoms with Crippen LogP contribution in [0.5, 0.6) is 0 Å². The smallest absolute Gasteiger partial charge is 0.332 e. The van der Waals surface area contributed by atoms with Crippen molar-refractivity contribution in [2.45, 2.75) is 39.3 Å². The van der Waals surface area contributed by atoms with Gasteiger partial charge in [-0.15, -0.1) is 0 Å². The van der Waals surface area contributed by atoms with Crippen LogP contribution < -0.4 is 10.6 Å². The van der Waals surface area contributed by atoms with Gasteiger partial charge < -0.3 is 15.2 Å². The summed E-state index contributed by atoms with van der Waals surface area (Å²) in [7, 11) is 0. The first-order chi connectivity index (χ1) is 7.61. The first-order valence-corrected chi connectivity index (χ1v) is 5.08. The van der Waals surface area contributed by atoms with E-state index in [-0.39, 0.29) is 0 Å². The number of urea groups is 1. The molecule has 7 heteroatoms. The van der Waals surface area contributed by atoms with Crippen molar-refractivity contribution in [1.82, 2.24) is 10.6 Å². The van der Waals surface area contributed by atoms with E-state index in [4.69, 9.17) is 9.84 Å². The van der Waals surface area contributed by atoms with E-state index >= 15 is 0 Å². The van der Waals surface area contributed by atoms with Crippen molar-refractivity contribution in [1.29, 1.82) is 0 Å². The van der Waals surface area contributed by atoms with Crippen LogP contribution in [0.15, 0.2) is 0 Å². The molecule has 1 atom stereocenters. The third kappa shape index (κ3) is 8.21. The van der Waals surface area contributed by atoms with Gasteiger partial charge in [0.1, 0.15) is 6.61 Å². The topological polar surface area (TPSA) is 105 Å². The maximum Gasteiger partial charge on any atom is 0.332 e. The van der Waals surface area contributed by atoms with Crippen LogP contribution in [-0.4, -0.2) is 41.3 Å². The minimum Gasteiger partial charge on any atom is -0.479 e. The number of carboxylic acids is 1. The van der Waals surface area contributed by atoms with E-state index in [0.29, 0.717) is 0 Å². The zero-order valence-corrected chi connectivity index (χ0v) is 10.4. The number of carbonyl (C=O) groups excluding carboxylic acids is 2. The molecule has 0 fully saturated rings. The Morgan fingerprint density at radius 2 is 1.82 bits per heavy atom. The quantitative estimate of drug-likeness (QED) is 0.652. The minimum atomic E-state index is -1.17. The Hall–Kier alpha value is -1.63. The Morgan fingerprint density at radius 1 is 1.29 bits per heavy atom. The number of ether oxygens (including phenoxy) is 1. The van der Waals surface area contributed by atoms with Crippen LogP contribution in [0.25, 0.3) is 0 Å². The Kier molecular flexibility index (Phi) is 5.60. The molecule has 3 N–H and O–H groups in total. The molecule has 0 aliphatic carbocycles. The van der Waals surface area contributed by atoms with Gasteiger partial charge in [-0.05, 0) is 27.7 Å². The zero-order chi connectivity index (χ0) is 13.6. The fourth-order valence-corrected chi connectivity index (χ4v) is 0.807. The van der Waals surface area contributed by atoms with Gasteiger partial charge in [-0.3, -0.25) is 10.1 Å². The van der Waals surface area contributed by atoms with E-state index in [1.165, 1.54) is 6.92 Å². The van der Waals surface area contributed by atoms with Gasteiger partial charge in [0.05, 0.1) is 0 Å². The third-order valence-corrected chi connectivity index (χ3v) is 1.55. The number of hydrogen-bond donors (Lipinski definition) is 3. The monoisotopic (exact) mass is 246 g/mol. The molecule has 0 aromatic carbocycles. The highest BCUT2D eigenvalue weighted by atomic mass is 16.5. The summed E-state index contributed by atoms with van der Waals surface area (Å²) >= 11 is 0. The average Bonchev–Trinajstić information content (AvgIpc) is 2.10. The molecule has 0 bridgehead atoms. The number of nitrogens with one attached hydrogen (secondary N) is 2. The van der Waals surface area contributed by atoms with Crippen LogP contribution >= 0.6 is 0 Å². The van der Waals surface area contributed by atoms with Gasteiger partial charge >= 0.3 is 12.0 Å². The normalized spacial score (nSPS) is 12.7. The number of rotatable bonds is 4. The maximum atomic E-state index is 11.2. The molecule has 17 heavy (non-hydrogen) atoms. The largest absolute Gasteiger partial charge is 0.479 e. The van der Waals surface area contributed by atoms with Crippen molar-refractivity contribution in [3.63, 3.8) is 0 Å². The van der Waals surface area contributed by atoms with E-state index in [2.05, 4.69) is 5.32 Å². The number of imide groups is 1. The zero-order valence-electron chi connectivity index (χ0n) is 10.4. The molecule has 0 rings (SSSR count). The summed E-state index contributed by atoms with van der Waals surface area (Å²) in [5.41, 5.74) is -0.459. The summed E-state index contributed by atoms with van der Waals surface area (Å²) < 4.78 is 4.70. The van der Waals surface area contributed by atoms with Crippen LogP contribution in [0.2, 0.25) is 0 Å². The third-order valence-electron chi connectivity index (χ3n) is 1.55. The van der Waals surface area contributed by atoms with Crippen LogP contribution in [0.3, 0.4) is 0 Å². The van der Waals surface area contributed by atoms with Gasteiger partial charge in [0.25, 0.3) is 5.91 Å². The van der Waals surface area contributed by atoms with Crippen LogP contribution in [0, 0.1) is 0 Å². The van der Waals surface area contributed by atoms with Gasteiger partial charge in [0, 0.05) is 5.54 Å². The lowest BCUT2D eigenvalue weighted by Gasteiger charge is -2.20. The fraction of sp³-hybridized carbons (Fsp3) is 0.700. The predicted molar refractivity (Wildman–Crippen MR) is 59.5 cm³/mol. The first-order valence-electron chi connectivity index (χ1n) is 5.08. The molecule has 7 nitrogen and oxygen atoms in total. The van der Waals surface area contributed by atoms with E-state index in [0.717, 1.165) is 0 Å². The second kappa shape index (κ2) is 6.19. The number of aliphatic carboxylic acids is 1. The van der Waals surface area contributed by atoms with Crippen LogP contribution in [0.1, 0.15) is 27.7 Å². The standard InChI is InChI=1S/C10H18N2O5/c1-6(8(14)15)17-5-7(13)11-9(16)12-10(2,3)4/h6H,5H2,1-4H3,(H,14,15)(H2,11,12,13,16)/t6-/m0/s1. The Morgan fingerprint density at radius 3 is 2.24 bits per heavy atom. The van der Waals surface area contributed by atoms with Crippen LogP contribution in [0.4, 0.5) is 4.79 Å². The number of carbonyl (C=O) groups is 3. The number of carboxylic acid groups (broad SMARTS) is 1. The van der Waals surface area contributed by atoms with Gasteiger partial charge in [-0.2, -0.15) is 0 Å². The highest BCUT2D eigenvalue weighted by Crippen LogP contribution is 1.97. The average molecular weight is 246 g/mol. The summed E-state index contributed by atoms with van der Waals surface area (Å²) in [4.78, 5) is 32.8. The van der Waals surface area contributed by atoms with Gasteiger partial charge in [0.15, 0.2) is 6.10 Å². The molecule has 0 heterocycles. The molecule has 0 saturated carbocycles. The molecular formula is C10H18N2O5. The van der Waals surface area contributed by atoms with Gasteiger partial charge in [-0.1, -0.05) is 0 Å². The van der Waals surface area contributed by atoms with E-state index in [9.17, 15) is 14.4 Å². The molecule has 0 unspecified atom stereocenters. The predicted octanol–water partition coefficient (Wildman–Crippen LogP) is 0.100. The van der Waals surface area contributed by atoms with E-state index < -0.39 is 36.2 Å². The molecule has 98 valence electrons. The molecule has 0 aromatic rings. The van der Waals surface area contributed by atoms with Crippen molar-refractivity contribution in [3.8, 4) is 0 Å². The summed E-state index contributed by atoms with van der Waals surface area (Å²) in [5.74, 6) is -1.86. The molecule has 0 saturated heterocycles. The van der Waals surface area contributed by atoms with Crippen molar-refractivity contribution in [3.05, 3.63) is 0 Å². The minimum absolute atomic E-state index is 0.459. The number of amides is 3. The van der Waals surface area contributed by atoms with Crippen molar-refractivity contribution in [2.75, 3.05) is 6.61 Å². The second-order valence-electron chi connectivity index (χ2n) is 4.54. The SMILES string of the molecule is C[C@H](OCC(=O)NC(=O)NC(C)(C)C)C(=O)O.